The van der Waals surface area contributed by atoms with E-state index in [1.807, 2.05) is 13.8 Å². The number of sulfonamides is 1. The zero-order chi connectivity index (χ0) is 15.5. The summed E-state index contributed by atoms with van der Waals surface area (Å²) in [5.41, 5.74) is 0.854. The highest BCUT2D eigenvalue weighted by atomic mass is 79.9. The molecule has 1 atom stereocenters. The van der Waals surface area contributed by atoms with Crippen LogP contribution in [0.4, 0.5) is 4.39 Å². The average Bonchev–Trinajstić information content (AvgIpc) is 2.25. The summed E-state index contributed by atoms with van der Waals surface area (Å²) in [6.45, 7) is 7.17. The summed E-state index contributed by atoms with van der Waals surface area (Å²) in [4.78, 5) is 0.180. The van der Waals surface area contributed by atoms with E-state index in [0.29, 0.717) is 17.5 Å². The van der Waals surface area contributed by atoms with Crippen molar-refractivity contribution in [1.82, 2.24) is 4.72 Å². The smallest absolute Gasteiger partial charge is 0.208 e. The zero-order valence-electron chi connectivity index (χ0n) is 12.2. The van der Waals surface area contributed by atoms with E-state index in [2.05, 4.69) is 20.7 Å². The quantitative estimate of drug-likeness (QED) is 0.783. The summed E-state index contributed by atoms with van der Waals surface area (Å²) in [6.07, 6.45) is 0.705. The molecule has 3 nitrogen and oxygen atoms in total. The van der Waals surface area contributed by atoms with Crippen LogP contribution in [0.15, 0.2) is 17.0 Å². The van der Waals surface area contributed by atoms with Crippen LogP contribution in [0.5, 0.6) is 0 Å². The van der Waals surface area contributed by atoms with Gasteiger partial charge in [-0.3, -0.25) is 0 Å². The van der Waals surface area contributed by atoms with Crippen LogP contribution in [0.1, 0.15) is 31.4 Å². The summed E-state index contributed by atoms with van der Waals surface area (Å²) >= 11 is 3.34. The van der Waals surface area contributed by atoms with Gasteiger partial charge in [0.15, 0.2) is 0 Å². The van der Waals surface area contributed by atoms with Crippen LogP contribution >= 0.6 is 15.9 Å². The lowest BCUT2D eigenvalue weighted by atomic mass is 10.0. The molecule has 114 valence electrons. The molecule has 1 aromatic rings. The van der Waals surface area contributed by atoms with Gasteiger partial charge in [-0.1, -0.05) is 29.8 Å². The van der Waals surface area contributed by atoms with E-state index in [9.17, 15) is 12.8 Å². The van der Waals surface area contributed by atoms with Crippen molar-refractivity contribution < 1.29 is 12.8 Å². The van der Waals surface area contributed by atoms with E-state index in [1.54, 1.807) is 13.8 Å². The van der Waals surface area contributed by atoms with Gasteiger partial charge < -0.3 is 0 Å². The van der Waals surface area contributed by atoms with Crippen LogP contribution < -0.4 is 4.72 Å². The highest BCUT2D eigenvalue weighted by Crippen LogP contribution is 2.22. The fraction of sp³-hybridized carbons (Fsp3) is 0.571. The topological polar surface area (TPSA) is 46.2 Å². The fourth-order valence-electron chi connectivity index (χ4n) is 2.23. The van der Waals surface area contributed by atoms with Crippen molar-refractivity contribution >= 4 is 26.0 Å². The van der Waals surface area contributed by atoms with E-state index < -0.39 is 15.8 Å². The van der Waals surface area contributed by atoms with Gasteiger partial charge in [0.25, 0.3) is 0 Å². The predicted molar refractivity (Wildman–Crippen MR) is 83.2 cm³/mol. The molecule has 0 aromatic heterocycles. The maximum atomic E-state index is 13.3. The molecule has 1 aromatic carbocycles. The molecule has 0 amide bonds. The average molecular weight is 366 g/mol. The maximum Gasteiger partial charge on any atom is 0.241 e. The van der Waals surface area contributed by atoms with Crippen molar-refractivity contribution in [2.24, 2.45) is 5.92 Å². The fourth-order valence-corrected chi connectivity index (χ4v) is 4.59. The van der Waals surface area contributed by atoms with E-state index in [4.69, 9.17) is 0 Å². The molecule has 0 saturated carbocycles. The Kier molecular flexibility index (Phi) is 6.16. The standard InChI is InChI=1S/C14H21BrFNO2S/c1-9(2)13(5-6-15)17-20(18,19)14-10(3)7-12(16)8-11(14)4/h7-9,13,17H,5-6H2,1-4H3. The van der Waals surface area contributed by atoms with Gasteiger partial charge in [-0.15, -0.1) is 0 Å². The van der Waals surface area contributed by atoms with Crippen molar-refractivity contribution in [1.29, 1.82) is 0 Å². The number of hydrogen-bond donors (Lipinski definition) is 1. The predicted octanol–water partition coefficient (Wildman–Crippen LogP) is 3.53. The molecule has 0 aliphatic heterocycles. The van der Waals surface area contributed by atoms with Crippen LogP contribution in [0.25, 0.3) is 0 Å². The minimum atomic E-state index is -3.64. The molecule has 0 aliphatic rings. The van der Waals surface area contributed by atoms with Gasteiger partial charge in [0.2, 0.25) is 10.0 Å². The number of hydrogen-bond acceptors (Lipinski definition) is 2. The largest absolute Gasteiger partial charge is 0.241 e. The number of aryl methyl sites for hydroxylation is 2. The molecular formula is C14H21BrFNO2S. The van der Waals surface area contributed by atoms with Crippen LogP contribution in [0.2, 0.25) is 0 Å². The Hall–Kier alpha value is -0.460. The third-order valence-corrected chi connectivity index (χ3v) is 5.48. The Morgan fingerprint density at radius 2 is 1.75 bits per heavy atom. The molecule has 1 unspecified atom stereocenters. The van der Waals surface area contributed by atoms with Crippen molar-refractivity contribution in [3.63, 3.8) is 0 Å². The first kappa shape index (κ1) is 17.6. The highest BCUT2D eigenvalue weighted by Gasteiger charge is 2.25. The molecule has 6 heteroatoms. The van der Waals surface area contributed by atoms with Gasteiger partial charge in [-0.2, -0.15) is 0 Å². The third kappa shape index (κ3) is 4.27. The molecule has 0 bridgehead atoms. The summed E-state index contributed by atoms with van der Waals surface area (Å²) in [5.74, 6) is -0.233. The van der Waals surface area contributed by atoms with Crippen molar-refractivity contribution in [2.45, 2.75) is 45.1 Å². The first-order valence-corrected chi connectivity index (χ1v) is 9.14. The SMILES string of the molecule is Cc1cc(F)cc(C)c1S(=O)(=O)NC(CCBr)C(C)C. The van der Waals surface area contributed by atoms with Crippen LogP contribution in [0.3, 0.4) is 0 Å². The van der Waals surface area contributed by atoms with E-state index in [0.717, 1.165) is 5.33 Å². The molecular weight excluding hydrogens is 345 g/mol. The first-order chi connectivity index (χ1) is 9.19. The third-order valence-electron chi connectivity index (χ3n) is 3.23. The van der Waals surface area contributed by atoms with Gasteiger partial charge in [0.05, 0.1) is 4.90 Å². The van der Waals surface area contributed by atoms with Gasteiger partial charge in [0, 0.05) is 11.4 Å². The molecule has 0 spiro atoms. The Bertz CT molecular complexity index is 550. The second-order valence-electron chi connectivity index (χ2n) is 5.32. The van der Waals surface area contributed by atoms with Crippen molar-refractivity contribution in [2.75, 3.05) is 5.33 Å². The minimum Gasteiger partial charge on any atom is -0.208 e. The normalized spacial score (nSPS) is 13.8. The van der Waals surface area contributed by atoms with Crippen molar-refractivity contribution in [3.8, 4) is 0 Å². The van der Waals surface area contributed by atoms with E-state index >= 15 is 0 Å². The Morgan fingerprint density at radius 1 is 1.25 bits per heavy atom. The molecule has 20 heavy (non-hydrogen) atoms. The lowest BCUT2D eigenvalue weighted by molar-refractivity contribution is 0.440. The molecule has 1 rings (SSSR count). The summed E-state index contributed by atoms with van der Waals surface area (Å²) < 4.78 is 41.1. The molecule has 1 N–H and O–H groups in total. The lowest BCUT2D eigenvalue weighted by Crippen LogP contribution is -2.39. The minimum absolute atomic E-state index is 0.150. The number of nitrogens with one attached hydrogen (secondary N) is 1. The molecule has 0 saturated heterocycles. The molecule has 0 aliphatic carbocycles. The second-order valence-corrected chi connectivity index (χ2v) is 7.76. The van der Waals surface area contributed by atoms with Crippen molar-refractivity contribution in [3.05, 3.63) is 29.1 Å². The molecule has 0 fully saturated rings. The monoisotopic (exact) mass is 365 g/mol. The second kappa shape index (κ2) is 7.00. The number of benzene rings is 1. The number of alkyl halides is 1. The Balaban J connectivity index is 3.17. The number of rotatable bonds is 6. The first-order valence-electron chi connectivity index (χ1n) is 6.54. The van der Waals surface area contributed by atoms with E-state index in [1.165, 1.54) is 12.1 Å². The van der Waals surface area contributed by atoms with Gasteiger partial charge in [-0.05, 0) is 49.4 Å². The van der Waals surface area contributed by atoms with Gasteiger partial charge >= 0.3 is 0 Å². The Morgan fingerprint density at radius 3 is 2.15 bits per heavy atom. The maximum absolute atomic E-state index is 13.3. The zero-order valence-corrected chi connectivity index (χ0v) is 14.6. The summed E-state index contributed by atoms with van der Waals surface area (Å²) in [6, 6.07) is 2.34. The summed E-state index contributed by atoms with van der Waals surface area (Å²) in [5, 5.41) is 0.722. The number of halogens is 2. The highest BCUT2D eigenvalue weighted by molar-refractivity contribution is 9.09. The van der Waals surface area contributed by atoms with Crippen LogP contribution in [-0.4, -0.2) is 19.8 Å². The molecule has 0 radical (unpaired) electrons. The lowest BCUT2D eigenvalue weighted by Gasteiger charge is -2.22. The van der Waals surface area contributed by atoms with Crippen LogP contribution in [0, 0.1) is 25.6 Å². The van der Waals surface area contributed by atoms with Gasteiger partial charge in [0.1, 0.15) is 5.82 Å². The Labute approximate surface area is 129 Å². The molecule has 0 heterocycles. The van der Waals surface area contributed by atoms with Crippen LogP contribution in [-0.2, 0) is 10.0 Å². The summed E-state index contributed by atoms with van der Waals surface area (Å²) in [7, 11) is -3.64. The van der Waals surface area contributed by atoms with Gasteiger partial charge in [-0.25, -0.2) is 17.5 Å². The van der Waals surface area contributed by atoms with E-state index in [-0.39, 0.29) is 16.9 Å².